The molecule has 0 unspecified atom stereocenters. The van der Waals surface area contributed by atoms with Crippen LogP contribution >= 0.6 is 11.3 Å². The number of sulfonamides is 1. The van der Waals surface area contributed by atoms with Crippen LogP contribution in [-0.2, 0) is 14.8 Å². The number of carbonyl (C=O) groups excluding carboxylic acids is 1. The monoisotopic (exact) mass is 344 g/mol. The minimum atomic E-state index is -3.44. The van der Waals surface area contributed by atoms with Gasteiger partial charge in [0, 0.05) is 31.6 Å². The molecule has 122 valence electrons. The van der Waals surface area contributed by atoms with E-state index in [4.69, 9.17) is 4.74 Å². The van der Waals surface area contributed by atoms with Gasteiger partial charge >= 0.3 is 0 Å². The lowest BCUT2D eigenvalue weighted by atomic mass is 10.2. The highest BCUT2D eigenvalue weighted by atomic mass is 32.2. The second-order valence-electron chi connectivity index (χ2n) is 5.60. The fraction of sp³-hybridized carbons (Fsp3) is 0.643. The summed E-state index contributed by atoms with van der Waals surface area (Å²) in [5, 5.41) is 4.36. The summed E-state index contributed by atoms with van der Waals surface area (Å²) < 4.78 is 31.8. The van der Waals surface area contributed by atoms with Crippen molar-refractivity contribution >= 4 is 27.3 Å². The molecule has 1 atom stereocenters. The van der Waals surface area contributed by atoms with Crippen LogP contribution in [0.4, 0.5) is 0 Å². The number of nitrogens with zero attached hydrogens (tertiary/aromatic N) is 1. The first-order valence-electron chi connectivity index (χ1n) is 7.56. The van der Waals surface area contributed by atoms with E-state index in [2.05, 4.69) is 5.32 Å². The van der Waals surface area contributed by atoms with Crippen LogP contribution < -0.4 is 5.32 Å². The number of hydrogen-bond donors (Lipinski definition) is 1. The van der Waals surface area contributed by atoms with Gasteiger partial charge in [0.1, 0.15) is 0 Å². The number of ether oxygens (including phenoxy) is 1. The van der Waals surface area contributed by atoms with Crippen LogP contribution in [0.5, 0.6) is 0 Å². The summed E-state index contributed by atoms with van der Waals surface area (Å²) in [4.78, 5) is 12.7. The summed E-state index contributed by atoms with van der Waals surface area (Å²) in [5.74, 6) is -0.233. The molecule has 1 aromatic heterocycles. The molecule has 1 aromatic rings. The fourth-order valence-corrected chi connectivity index (χ4v) is 5.44. The van der Waals surface area contributed by atoms with E-state index >= 15 is 0 Å². The smallest absolute Gasteiger partial charge is 0.261 e. The third kappa shape index (κ3) is 3.34. The van der Waals surface area contributed by atoms with Gasteiger partial charge in [0.15, 0.2) is 0 Å². The lowest BCUT2D eigenvalue weighted by Gasteiger charge is -2.13. The van der Waals surface area contributed by atoms with Crippen molar-refractivity contribution in [3.05, 3.63) is 16.3 Å². The van der Waals surface area contributed by atoms with Gasteiger partial charge < -0.3 is 10.1 Å². The first-order valence-corrected chi connectivity index (χ1v) is 9.88. The summed E-state index contributed by atoms with van der Waals surface area (Å²) in [6, 6.07) is 1.48. The van der Waals surface area contributed by atoms with E-state index in [0.717, 1.165) is 32.3 Å². The number of amides is 1. The zero-order chi connectivity index (χ0) is 15.6. The van der Waals surface area contributed by atoms with Crippen molar-refractivity contribution < 1.29 is 17.9 Å². The fourth-order valence-electron chi connectivity index (χ4n) is 2.75. The van der Waals surface area contributed by atoms with E-state index in [1.54, 1.807) is 5.38 Å². The molecule has 2 fully saturated rings. The molecule has 0 aromatic carbocycles. The normalized spacial score (nSPS) is 23.0. The second kappa shape index (κ2) is 6.66. The van der Waals surface area contributed by atoms with Crippen molar-refractivity contribution in [2.24, 2.45) is 0 Å². The molecule has 1 N–H and O–H groups in total. The Balaban J connectivity index is 1.63. The van der Waals surface area contributed by atoms with E-state index in [1.807, 2.05) is 0 Å². The van der Waals surface area contributed by atoms with Crippen molar-refractivity contribution in [1.82, 2.24) is 9.62 Å². The molecule has 3 rings (SSSR count). The maximum atomic E-state index is 12.4. The summed E-state index contributed by atoms with van der Waals surface area (Å²) in [6.07, 6.45) is 3.87. The highest BCUT2D eigenvalue weighted by Crippen LogP contribution is 2.25. The molecule has 0 spiro atoms. The lowest BCUT2D eigenvalue weighted by molar-refractivity contribution is 0.0861. The van der Waals surface area contributed by atoms with Crippen LogP contribution in [0.2, 0.25) is 0 Å². The summed E-state index contributed by atoms with van der Waals surface area (Å²) in [7, 11) is -3.44. The van der Waals surface area contributed by atoms with E-state index in [-0.39, 0.29) is 16.9 Å². The Kier molecular flexibility index (Phi) is 4.82. The molecule has 8 heteroatoms. The average Bonchev–Trinajstić information content (AvgIpc) is 3.27. The van der Waals surface area contributed by atoms with Gasteiger partial charge in [0.25, 0.3) is 5.91 Å². The Labute approximate surface area is 134 Å². The zero-order valence-electron chi connectivity index (χ0n) is 12.3. The van der Waals surface area contributed by atoms with E-state index in [0.29, 0.717) is 24.5 Å². The highest BCUT2D eigenvalue weighted by molar-refractivity contribution is 7.89. The SMILES string of the molecule is O=C(NC[C@H]1CCCO1)c1cc(S(=O)(=O)N2CCCC2)cs1. The third-order valence-corrected chi connectivity index (χ3v) is 6.97. The molecular formula is C14H20N2O4S2. The number of hydrogen-bond acceptors (Lipinski definition) is 5. The number of thiophene rings is 1. The quantitative estimate of drug-likeness (QED) is 0.877. The predicted octanol–water partition coefficient (Wildman–Crippen LogP) is 1.44. The van der Waals surface area contributed by atoms with Crippen molar-refractivity contribution in [1.29, 1.82) is 0 Å². The molecule has 3 heterocycles. The van der Waals surface area contributed by atoms with Crippen molar-refractivity contribution in [3.63, 3.8) is 0 Å². The zero-order valence-corrected chi connectivity index (χ0v) is 13.9. The van der Waals surface area contributed by atoms with Crippen molar-refractivity contribution in [2.75, 3.05) is 26.2 Å². The largest absolute Gasteiger partial charge is 0.376 e. The van der Waals surface area contributed by atoms with Gasteiger partial charge in [-0.15, -0.1) is 11.3 Å². The maximum Gasteiger partial charge on any atom is 0.261 e. The molecule has 1 amide bonds. The van der Waals surface area contributed by atoms with E-state index in [1.165, 1.54) is 21.7 Å². The maximum absolute atomic E-state index is 12.4. The van der Waals surface area contributed by atoms with E-state index < -0.39 is 10.0 Å². The molecule has 6 nitrogen and oxygen atoms in total. The van der Waals surface area contributed by atoms with Crippen LogP contribution in [0.1, 0.15) is 35.4 Å². The molecule has 0 radical (unpaired) electrons. The van der Waals surface area contributed by atoms with Crippen LogP contribution in [0, 0.1) is 0 Å². The van der Waals surface area contributed by atoms with Gasteiger partial charge in [-0.3, -0.25) is 4.79 Å². The first-order chi connectivity index (χ1) is 10.6. The van der Waals surface area contributed by atoms with Gasteiger partial charge in [0.05, 0.1) is 15.9 Å². The van der Waals surface area contributed by atoms with Gasteiger partial charge in [0.2, 0.25) is 10.0 Å². The van der Waals surface area contributed by atoms with Crippen LogP contribution in [0.3, 0.4) is 0 Å². The molecule has 0 aliphatic carbocycles. The third-order valence-electron chi connectivity index (χ3n) is 4.02. The van der Waals surface area contributed by atoms with Crippen LogP contribution in [-0.4, -0.2) is 51.0 Å². The summed E-state index contributed by atoms with van der Waals surface area (Å²) in [5.41, 5.74) is 0. The summed E-state index contributed by atoms with van der Waals surface area (Å²) >= 11 is 1.17. The Bertz CT molecular complexity index is 629. The van der Waals surface area contributed by atoms with Crippen LogP contribution in [0.25, 0.3) is 0 Å². The first kappa shape index (κ1) is 15.9. The van der Waals surface area contributed by atoms with E-state index in [9.17, 15) is 13.2 Å². The minimum absolute atomic E-state index is 0.0803. The number of rotatable bonds is 5. The number of nitrogens with one attached hydrogen (secondary N) is 1. The molecule has 22 heavy (non-hydrogen) atoms. The van der Waals surface area contributed by atoms with Gasteiger partial charge in [-0.05, 0) is 31.7 Å². The number of carbonyl (C=O) groups is 1. The standard InChI is InChI=1S/C14H20N2O4S2/c17-14(15-9-11-4-3-7-20-11)13-8-12(10-21-13)22(18,19)16-5-1-2-6-16/h8,10-11H,1-7,9H2,(H,15,17)/t11-/m1/s1. The Morgan fingerprint density at radius 2 is 2.14 bits per heavy atom. The molecule has 2 aliphatic rings. The molecule has 0 bridgehead atoms. The van der Waals surface area contributed by atoms with Gasteiger partial charge in [-0.25, -0.2) is 8.42 Å². The molecule has 2 aliphatic heterocycles. The second-order valence-corrected chi connectivity index (χ2v) is 8.45. The Hall–Kier alpha value is -0.960. The van der Waals surface area contributed by atoms with Gasteiger partial charge in [-0.2, -0.15) is 4.31 Å². The minimum Gasteiger partial charge on any atom is -0.376 e. The van der Waals surface area contributed by atoms with Crippen LogP contribution in [0.15, 0.2) is 16.3 Å². The topological polar surface area (TPSA) is 75.7 Å². The Morgan fingerprint density at radius 1 is 1.36 bits per heavy atom. The average molecular weight is 344 g/mol. The van der Waals surface area contributed by atoms with Crippen molar-refractivity contribution in [3.8, 4) is 0 Å². The predicted molar refractivity (Wildman–Crippen MR) is 83.6 cm³/mol. The lowest BCUT2D eigenvalue weighted by Crippen LogP contribution is -2.31. The van der Waals surface area contributed by atoms with Gasteiger partial charge in [-0.1, -0.05) is 0 Å². The Morgan fingerprint density at radius 3 is 2.82 bits per heavy atom. The highest BCUT2D eigenvalue weighted by Gasteiger charge is 2.28. The molecule has 0 saturated carbocycles. The van der Waals surface area contributed by atoms with Crippen molar-refractivity contribution in [2.45, 2.75) is 36.7 Å². The molecule has 2 saturated heterocycles. The molecular weight excluding hydrogens is 324 g/mol. The summed E-state index contributed by atoms with van der Waals surface area (Å²) in [6.45, 7) is 2.36.